The first kappa shape index (κ1) is 24.8. The fraction of sp³-hybridized carbons (Fsp3) is 0.286. The van der Waals surface area contributed by atoms with Crippen molar-refractivity contribution in [1.29, 1.82) is 0 Å². The highest BCUT2D eigenvalue weighted by atomic mass is 16.5. The third kappa shape index (κ3) is 7.96. The van der Waals surface area contributed by atoms with Gasteiger partial charge in [0.15, 0.2) is 0 Å². The molecular formula is C28H33N3O3. The average molecular weight is 460 g/mol. The van der Waals surface area contributed by atoms with Crippen molar-refractivity contribution >= 4 is 17.6 Å². The second-order valence-corrected chi connectivity index (χ2v) is 8.06. The Labute approximate surface area is 201 Å². The molecule has 2 N–H and O–H groups in total. The lowest BCUT2D eigenvalue weighted by molar-refractivity contribution is -0.121. The summed E-state index contributed by atoms with van der Waals surface area (Å²) < 4.78 is 5.46. The first-order chi connectivity index (χ1) is 16.5. The van der Waals surface area contributed by atoms with Gasteiger partial charge < -0.3 is 20.3 Å². The van der Waals surface area contributed by atoms with E-state index in [1.807, 2.05) is 98.8 Å². The molecule has 0 radical (unpaired) electrons. The Morgan fingerprint density at radius 3 is 2.18 bits per heavy atom. The fourth-order valence-electron chi connectivity index (χ4n) is 3.60. The molecule has 6 heteroatoms. The Balaban J connectivity index is 1.59. The van der Waals surface area contributed by atoms with Gasteiger partial charge in [-0.1, -0.05) is 60.7 Å². The molecule has 0 aliphatic rings. The quantitative estimate of drug-likeness (QED) is 0.402. The van der Waals surface area contributed by atoms with Gasteiger partial charge in [-0.05, 0) is 55.7 Å². The lowest BCUT2D eigenvalue weighted by atomic mass is 10.1. The topological polar surface area (TPSA) is 70.7 Å². The summed E-state index contributed by atoms with van der Waals surface area (Å²) in [7, 11) is 0. The van der Waals surface area contributed by atoms with Crippen LogP contribution in [0.25, 0.3) is 0 Å². The van der Waals surface area contributed by atoms with Crippen LogP contribution in [0.2, 0.25) is 0 Å². The third-order valence-corrected chi connectivity index (χ3v) is 5.50. The number of nitrogens with zero attached hydrogens (tertiary/aromatic N) is 1. The van der Waals surface area contributed by atoms with Gasteiger partial charge in [0.25, 0.3) is 0 Å². The summed E-state index contributed by atoms with van der Waals surface area (Å²) in [6.07, 6.45) is 0.933. The fourth-order valence-corrected chi connectivity index (χ4v) is 3.60. The minimum absolute atomic E-state index is 0.0880. The minimum Gasteiger partial charge on any atom is -0.494 e. The zero-order valence-corrected chi connectivity index (χ0v) is 19.9. The summed E-state index contributed by atoms with van der Waals surface area (Å²) in [4.78, 5) is 27.3. The van der Waals surface area contributed by atoms with Gasteiger partial charge in [-0.2, -0.15) is 0 Å². The van der Waals surface area contributed by atoms with E-state index in [0.717, 1.165) is 16.9 Å². The molecule has 3 rings (SSSR count). The second kappa shape index (κ2) is 13.0. The van der Waals surface area contributed by atoms with Crippen LogP contribution in [0.4, 0.5) is 10.5 Å². The van der Waals surface area contributed by atoms with E-state index in [-0.39, 0.29) is 24.4 Å². The van der Waals surface area contributed by atoms with Crippen LogP contribution >= 0.6 is 0 Å². The Morgan fingerprint density at radius 2 is 1.53 bits per heavy atom. The number of amides is 3. The molecule has 178 valence electrons. The van der Waals surface area contributed by atoms with Gasteiger partial charge in [-0.3, -0.25) is 4.79 Å². The molecule has 0 aromatic heterocycles. The molecule has 0 aliphatic carbocycles. The molecule has 0 spiro atoms. The highest BCUT2D eigenvalue weighted by molar-refractivity contribution is 5.89. The van der Waals surface area contributed by atoms with E-state index in [0.29, 0.717) is 31.8 Å². The first-order valence-corrected chi connectivity index (χ1v) is 11.7. The Morgan fingerprint density at radius 1 is 0.882 bits per heavy atom. The summed E-state index contributed by atoms with van der Waals surface area (Å²) in [6.45, 7) is 5.30. The monoisotopic (exact) mass is 459 g/mol. The maximum absolute atomic E-state index is 13.1. The molecule has 0 bridgehead atoms. The number of rotatable bonds is 11. The molecule has 3 amide bonds. The number of hydrogen-bond acceptors (Lipinski definition) is 3. The maximum atomic E-state index is 13.1. The van der Waals surface area contributed by atoms with Crippen molar-refractivity contribution in [2.24, 2.45) is 0 Å². The second-order valence-electron chi connectivity index (χ2n) is 8.06. The normalized spacial score (nSPS) is 11.4. The standard InChI is InChI=1S/C28H33N3O3/c1-3-34-26-16-14-25(15-17-26)30-28(33)31(20-18-23-10-6-4-7-11-23)21-19-27(32)29-22(2)24-12-8-5-9-13-24/h4-17,22H,3,18-21H2,1-2H3,(H,29,32)(H,30,33). The molecule has 34 heavy (non-hydrogen) atoms. The molecule has 3 aromatic carbocycles. The molecule has 6 nitrogen and oxygen atoms in total. The lowest BCUT2D eigenvalue weighted by Crippen LogP contribution is -2.39. The van der Waals surface area contributed by atoms with Crippen LogP contribution in [0.3, 0.4) is 0 Å². The average Bonchev–Trinajstić information content (AvgIpc) is 2.86. The lowest BCUT2D eigenvalue weighted by Gasteiger charge is -2.24. The van der Waals surface area contributed by atoms with E-state index < -0.39 is 0 Å². The van der Waals surface area contributed by atoms with Gasteiger partial charge in [0.1, 0.15) is 5.75 Å². The summed E-state index contributed by atoms with van der Waals surface area (Å²) in [5, 5.41) is 5.96. The Kier molecular flexibility index (Phi) is 9.52. The van der Waals surface area contributed by atoms with Crippen LogP contribution in [0.1, 0.15) is 37.4 Å². The maximum Gasteiger partial charge on any atom is 0.321 e. The molecule has 0 fully saturated rings. The van der Waals surface area contributed by atoms with Gasteiger partial charge in [-0.15, -0.1) is 0 Å². The molecule has 1 unspecified atom stereocenters. The predicted molar refractivity (Wildman–Crippen MR) is 136 cm³/mol. The van der Waals surface area contributed by atoms with Gasteiger partial charge >= 0.3 is 6.03 Å². The number of carbonyl (C=O) groups excluding carboxylic acids is 2. The van der Waals surface area contributed by atoms with Crippen molar-refractivity contribution < 1.29 is 14.3 Å². The van der Waals surface area contributed by atoms with Crippen LogP contribution in [-0.2, 0) is 11.2 Å². The van der Waals surface area contributed by atoms with Crippen LogP contribution in [0.15, 0.2) is 84.9 Å². The van der Waals surface area contributed by atoms with Crippen molar-refractivity contribution in [2.45, 2.75) is 32.7 Å². The van der Waals surface area contributed by atoms with Crippen LogP contribution in [-0.4, -0.2) is 36.5 Å². The summed E-state index contributed by atoms with van der Waals surface area (Å²) in [5.74, 6) is 0.667. The van der Waals surface area contributed by atoms with E-state index in [2.05, 4.69) is 10.6 Å². The number of anilines is 1. The molecule has 1 atom stereocenters. The SMILES string of the molecule is CCOc1ccc(NC(=O)N(CCC(=O)NC(C)c2ccccc2)CCc2ccccc2)cc1. The summed E-state index contributed by atoms with van der Waals surface area (Å²) in [6, 6.07) is 26.8. The minimum atomic E-state index is -0.232. The molecule has 0 saturated carbocycles. The van der Waals surface area contributed by atoms with E-state index in [1.54, 1.807) is 4.90 Å². The third-order valence-electron chi connectivity index (χ3n) is 5.50. The number of ether oxygens (including phenoxy) is 1. The zero-order valence-electron chi connectivity index (χ0n) is 19.9. The Bertz CT molecular complexity index is 1020. The van der Waals surface area contributed by atoms with Crippen molar-refractivity contribution in [3.63, 3.8) is 0 Å². The van der Waals surface area contributed by atoms with Crippen molar-refractivity contribution in [3.05, 3.63) is 96.1 Å². The van der Waals surface area contributed by atoms with Crippen LogP contribution < -0.4 is 15.4 Å². The van der Waals surface area contributed by atoms with Gasteiger partial charge in [0, 0.05) is 25.2 Å². The van der Waals surface area contributed by atoms with E-state index >= 15 is 0 Å². The highest BCUT2D eigenvalue weighted by Gasteiger charge is 2.17. The van der Waals surface area contributed by atoms with Gasteiger partial charge in [0.05, 0.1) is 12.6 Å². The number of nitrogens with one attached hydrogen (secondary N) is 2. The molecular weight excluding hydrogens is 426 g/mol. The van der Waals surface area contributed by atoms with Crippen molar-refractivity contribution in [1.82, 2.24) is 10.2 Å². The first-order valence-electron chi connectivity index (χ1n) is 11.7. The van der Waals surface area contributed by atoms with Gasteiger partial charge in [0.2, 0.25) is 5.91 Å². The highest BCUT2D eigenvalue weighted by Crippen LogP contribution is 2.16. The number of hydrogen-bond donors (Lipinski definition) is 2. The molecule has 3 aromatic rings. The molecule has 0 saturated heterocycles. The number of benzene rings is 3. The Hall–Kier alpha value is -3.80. The zero-order chi connectivity index (χ0) is 24.2. The summed E-state index contributed by atoms with van der Waals surface area (Å²) >= 11 is 0. The molecule has 0 heterocycles. The molecule has 0 aliphatic heterocycles. The van der Waals surface area contributed by atoms with E-state index in [1.165, 1.54) is 0 Å². The van der Waals surface area contributed by atoms with Crippen LogP contribution in [0.5, 0.6) is 5.75 Å². The largest absolute Gasteiger partial charge is 0.494 e. The van der Waals surface area contributed by atoms with Gasteiger partial charge in [-0.25, -0.2) is 4.79 Å². The smallest absolute Gasteiger partial charge is 0.321 e. The van der Waals surface area contributed by atoms with E-state index in [4.69, 9.17) is 4.74 Å². The van der Waals surface area contributed by atoms with Crippen molar-refractivity contribution in [2.75, 3.05) is 25.0 Å². The predicted octanol–water partition coefficient (Wildman–Crippen LogP) is 5.43. The van der Waals surface area contributed by atoms with Crippen LogP contribution in [0, 0.1) is 0 Å². The number of carbonyl (C=O) groups is 2. The van der Waals surface area contributed by atoms with Crippen molar-refractivity contribution in [3.8, 4) is 5.75 Å². The number of urea groups is 1. The van der Waals surface area contributed by atoms with E-state index in [9.17, 15) is 9.59 Å². The summed E-state index contributed by atoms with van der Waals surface area (Å²) in [5.41, 5.74) is 2.87.